The number of benzene rings is 1. The van der Waals surface area contributed by atoms with Crippen LogP contribution in [0.5, 0.6) is 11.5 Å². The molecule has 0 bridgehead atoms. The minimum atomic E-state index is -0.860. The lowest BCUT2D eigenvalue weighted by Gasteiger charge is -2.34. The Bertz CT molecular complexity index is 882. The van der Waals surface area contributed by atoms with Gasteiger partial charge in [0.15, 0.2) is 17.6 Å². The van der Waals surface area contributed by atoms with E-state index in [-0.39, 0.29) is 18.4 Å². The lowest BCUT2D eigenvalue weighted by Crippen LogP contribution is -2.52. The molecule has 2 aromatic rings. The molecule has 9 nitrogen and oxygen atoms in total. The van der Waals surface area contributed by atoms with Gasteiger partial charge in [-0.05, 0) is 24.6 Å². The van der Waals surface area contributed by atoms with Gasteiger partial charge in [0.25, 0.3) is 5.91 Å². The third kappa shape index (κ3) is 4.34. The molecule has 1 aliphatic rings. The highest BCUT2D eigenvalue weighted by molar-refractivity contribution is 5.86. The number of rotatable bonds is 7. The molecule has 1 aliphatic heterocycles. The minimum Gasteiger partial charge on any atom is -0.493 e. The van der Waals surface area contributed by atoms with Gasteiger partial charge in [-0.1, -0.05) is 6.07 Å². The molecule has 1 saturated heterocycles. The fourth-order valence-electron chi connectivity index (χ4n) is 3.36. The van der Waals surface area contributed by atoms with Gasteiger partial charge in [0, 0.05) is 26.0 Å². The molecular formula is C20H26N4O5. The summed E-state index contributed by atoms with van der Waals surface area (Å²) in [5.74, 6) is 1.33. The third-order valence-corrected chi connectivity index (χ3v) is 4.92. The Hall–Kier alpha value is -3.07. The van der Waals surface area contributed by atoms with E-state index in [0.717, 1.165) is 12.4 Å². The summed E-state index contributed by atoms with van der Waals surface area (Å²) in [5.41, 5.74) is 0.692. The van der Waals surface area contributed by atoms with Gasteiger partial charge < -0.3 is 29.0 Å². The van der Waals surface area contributed by atoms with Gasteiger partial charge in [-0.15, -0.1) is 0 Å². The van der Waals surface area contributed by atoms with Gasteiger partial charge in [0.1, 0.15) is 12.4 Å². The van der Waals surface area contributed by atoms with E-state index in [1.54, 1.807) is 43.5 Å². The summed E-state index contributed by atoms with van der Waals surface area (Å²) in [6, 6.07) is 4.61. The van der Waals surface area contributed by atoms with Crippen molar-refractivity contribution in [2.75, 3.05) is 27.9 Å². The van der Waals surface area contributed by atoms with Gasteiger partial charge in [-0.3, -0.25) is 9.59 Å². The number of hydrogen-bond acceptors (Lipinski definition) is 6. The first-order valence-electron chi connectivity index (χ1n) is 9.36. The summed E-state index contributed by atoms with van der Waals surface area (Å²) in [6.07, 6.45) is 2.72. The molecule has 9 heteroatoms. The van der Waals surface area contributed by atoms with Gasteiger partial charge in [0.2, 0.25) is 5.91 Å². The summed E-state index contributed by atoms with van der Waals surface area (Å²) in [7, 11) is 4.77. The second kappa shape index (κ2) is 8.95. The summed E-state index contributed by atoms with van der Waals surface area (Å²) < 4.78 is 18.2. The van der Waals surface area contributed by atoms with Crippen LogP contribution in [0.2, 0.25) is 0 Å². The number of ether oxygens (including phenoxy) is 3. The molecule has 1 fully saturated rings. The summed E-state index contributed by atoms with van der Waals surface area (Å²) >= 11 is 0. The van der Waals surface area contributed by atoms with Crippen LogP contribution in [-0.4, -0.2) is 60.2 Å². The molecular weight excluding hydrogens is 376 g/mol. The highest BCUT2D eigenvalue weighted by atomic mass is 16.5. The molecule has 1 aromatic carbocycles. The predicted octanol–water partition coefficient (Wildman–Crippen LogP) is 1.13. The third-order valence-electron chi connectivity index (χ3n) is 4.92. The van der Waals surface area contributed by atoms with E-state index in [2.05, 4.69) is 10.3 Å². The van der Waals surface area contributed by atoms with Crippen LogP contribution >= 0.6 is 0 Å². The zero-order valence-corrected chi connectivity index (χ0v) is 17.0. The number of aromatic nitrogens is 2. The normalized spacial score (nSPS) is 18.8. The average Bonchev–Trinajstić information content (AvgIpc) is 3.19. The lowest BCUT2D eigenvalue weighted by molar-refractivity contribution is -0.154. The van der Waals surface area contributed by atoms with E-state index < -0.39 is 12.1 Å². The molecule has 0 unspecified atom stereocenters. The fourth-order valence-corrected chi connectivity index (χ4v) is 3.36. The SMILES string of the molecule is CCn1ccnc1CN(C)C(=O)[C@H]1OCC(=O)N[C@@H]1c1ccc(OC)c(OC)c1. The molecule has 3 rings (SSSR count). The molecule has 29 heavy (non-hydrogen) atoms. The van der Waals surface area contributed by atoms with Crippen LogP contribution in [0.15, 0.2) is 30.6 Å². The van der Waals surface area contributed by atoms with E-state index in [1.807, 2.05) is 17.7 Å². The van der Waals surface area contributed by atoms with Crippen molar-refractivity contribution >= 4 is 11.8 Å². The van der Waals surface area contributed by atoms with E-state index >= 15 is 0 Å². The van der Waals surface area contributed by atoms with Gasteiger partial charge in [-0.2, -0.15) is 0 Å². The van der Waals surface area contributed by atoms with Gasteiger partial charge >= 0.3 is 0 Å². The molecule has 1 aromatic heterocycles. The number of imidazole rings is 1. The van der Waals surface area contributed by atoms with Crippen molar-refractivity contribution in [2.45, 2.75) is 32.2 Å². The zero-order valence-electron chi connectivity index (χ0n) is 17.0. The van der Waals surface area contributed by atoms with Crippen molar-refractivity contribution in [2.24, 2.45) is 0 Å². The second-order valence-electron chi connectivity index (χ2n) is 6.71. The largest absolute Gasteiger partial charge is 0.493 e. The van der Waals surface area contributed by atoms with Crippen LogP contribution in [-0.2, 0) is 27.4 Å². The maximum atomic E-state index is 13.1. The number of likely N-dealkylation sites (N-methyl/N-ethyl adjacent to an activating group) is 1. The first kappa shape index (κ1) is 20.7. The Morgan fingerprint density at radius 1 is 1.34 bits per heavy atom. The van der Waals surface area contributed by atoms with E-state index in [0.29, 0.717) is 23.6 Å². The zero-order chi connectivity index (χ0) is 21.0. The molecule has 2 amide bonds. The minimum absolute atomic E-state index is 0.169. The van der Waals surface area contributed by atoms with Gasteiger partial charge in [0.05, 0.1) is 26.8 Å². The molecule has 156 valence electrons. The maximum absolute atomic E-state index is 13.1. The molecule has 0 spiro atoms. The maximum Gasteiger partial charge on any atom is 0.254 e. The monoisotopic (exact) mass is 402 g/mol. The van der Waals surface area contributed by atoms with Crippen molar-refractivity contribution in [3.63, 3.8) is 0 Å². The topological polar surface area (TPSA) is 94.9 Å². The van der Waals surface area contributed by atoms with Crippen LogP contribution in [0.25, 0.3) is 0 Å². The van der Waals surface area contributed by atoms with Crippen molar-refractivity contribution in [1.29, 1.82) is 0 Å². The predicted molar refractivity (Wildman–Crippen MR) is 105 cm³/mol. The molecule has 0 aliphatic carbocycles. The fraction of sp³-hybridized carbons (Fsp3) is 0.450. The number of methoxy groups -OCH3 is 2. The number of amides is 2. The highest BCUT2D eigenvalue weighted by Crippen LogP contribution is 2.32. The van der Waals surface area contributed by atoms with Crippen molar-refractivity contribution in [3.05, 3.63) is 42.0 Å². The highest BCUT2D eigenvalue weighted by Gasteiger charge is 2.38. The van der Waals surface area contributed by atoms with Crippen LogP contribution in [0, 0.1) is 0 Å². The van der Waals surface area contributed by atoms with E-state index in [9.17, 15) is 9.59 Å². The van der Waals surface area contributed by atoms with Crippen LogP contribution in [0.1, 0.15) is 24.4 Å². The Kier molecular flexibility index (Phi) is 6.38. The summed E-state index contributed by atoms with van der Waals surface area (Å²) in [6.45, 7) is 2.95. The van der Waals surface area contributed by atoms with Crippen molar-refractivity contribution < 1.29 is 23.8 Å². The van der Waals surface area contributed by atoms with Crippen LogP contribution < -0.4 is 14.8 Å². The number of hydrogen-bond donors (Lipinski definition) is 1. The molecule has 0 radical (unpaired) electrons. The molecule has 1 N–H and O–H groups in total. The van der Waals surface area contributed by atoms with E-state index in [1.165, 1.54) is 7.11 Å². The number of nitrogens with zero attached hydrogens (tertiary/aromatic N) is 3. The van der Waals surface area contributed by atoms with Gasteiger partial charge in [-0.25, -0.2) is 4.98 Å². The Balaban J connectivity index is 1.84. The average molecular weight is 402 g/mol. The Morgan fingerprint density at radius 3 is 2.79 bits per heavy atom. The summed E-state index contributed by atoms with van der Waals surface area (Å²) in [5, 5.41) is 2.86. The quantitative estimate of drug-likeness (QED) is 0.746. The number of morpholine rings is 1. The standard InChI is InChI=1S/C20H26N4O5/c1-5-24-9-8-21-16(24)11-23(2)20(26)19-18(22-17(25)12-29-19)13-6-7-14(27-3)15(10-13)28-4/h6-10,18-19H,5,11-12H2,1-4H3,(H,22,25)/t18-,19+/m1/s1. The number of carbonyl (C=O) groups excluding carboxylic acids is 2. The molecule has 2 heterocycles. The van der Waals surface area contributed by atoms with Crippen LogP contribution in [0.3, 0.4) is 0 Å². The number of aryl methyl sites for hydroxylation is 1. The number of nitrogens with one attached hydrogen (secondary N) is 1. The smallest absolute Gasteiger partial charge is 0.254 e. The number of carbonyl (C=O) groups is 2. The first-order chi connectivity index (χ1) is 14.0. The second-order valence-corrected chi connectivity index (χ2v) is 6.71. The van der Waals surface area contributed by atoms with Crippen molar-refractivity contribution in [3.8, 4) is 11.5 Å². The molecule has 0 saturated carbocycles. The first-order valence-corrected chi connectivity index (χ1v) is 9.36. The lowest BCUT2D eigenvalue weighted by atomic mass is 9.98. The van der Waals surface area contributed by atoms with Crippen molar-refractivity contribution in [1.82, 2.24) is 19.8 Å². The Morgan fingerprint density at radius 2 is 2.10 bits per heavy atom. The van der Waals surface area contributed by atoms with E-state index in [4.69, 9.17) is 14.2 Å². The Labute approximate surface area is 169 Å². The molecule has 2 atom stereocenters. The van der Waals surface area contributed by atoms with Crippen LogP contribution in [0.4, 0.5) is 0 Å². The summed E-state index contributed by atoms with van der Waals surface area (Å²) in [4.78, 5) is 31.0.